The number of piperidine rings is 1. The highest BCUT2D eigenvalue weighted by molar-refractivity contribution is 7.89. The zero-order chi connectivity index (χ0) is 25.5. The van der Waals surface area contributed by atoms with Gasteiger partial charge in [-0.2, -0.15) is 4.31 Å². The van der Waals surface area contributed by atoms with E-state index in [1.54, 1.807) is 12.1 Å². The van der Waals surface area contributed by atoms with Crippen molar-refractivity contribution in [1.29, 1.82) is 0 Å². The summed E-state index contributed by atoms with van der Waals surface area (Å²) >= 11 is 0. The van der Waals surface area contributed by atoms with E-state index in [-0.39, 0.29) is 34.2 Å². The third-order valence-electron chi connectivity index (χ3n) is 5.47. The Kier molecular flexibility index (Phi) is 9.11. The van der Waals surface area contributed by atoms with Crippen molar-refractivity contribution in [1.82, 2.24) is 9.03 Å². The van der Waals surface area contributed by atoms with Crippen LogP contribution in [0.25, 0.3) is 0 Å². The molecule has 0 radical (unpaired) electrons. The average Bonchev–Trinajstić information content (AvgIpc) is 2.85. The van der Waals surface area contributed by atoms with Crippen molar-refractivity contribution in [3.05, 3.63) is 42.5 Å². The fourth-order valence-electron chi connectivity index (χ4n) is 3.69. The molecule has 1 aliphatic heterocycles. The molecular formula is C23H31N3O7S2. The predicted octanol–water partition coefficient (Wildman–Crippen LogP) is 2.58. The molecule has 1 amide bonds. The smallest absolute Gasteiger partial charge is 0.246 e. The first-order chi connectivity index (χ1) is 16.7. The predicted molar refractivity (Wildman–Crippen MR) is 132 cm³/mol. The molecule has 0 aromatic heterocycles. The van der Waals surface area contributed by atoms with E-state index < -0.39 is 26.0 Å². The standard InChI is InChI=1S/C23H31N3O7S2/c1-3-33-19-8-10-20(11-9-19)34(28,29)24-14-13-23(27)25-18-7-12-21(32-2)22(17-18)35(30,31)26-15-5-4-6-16-26/h7-12,17,24H,3-6,13-16H2,1-2H3,(H,25,27). The van der Waals surface area contributed by atoms with E-state index in [9.17, 15) is 21.6 Å². The summed E-state index contributed by atoms with van der Waals surface area (Å²) in [5.74, 6) is 0.287. The number of sulfonamides is 2. The molecule has 2 aromatic carbocycles. The molecule has 10 nitrogen and oxygen atoms in total. The van der Waals surface area contributed by atoms with Crippen LogP contribution in [0.15, 0.2) is 52.3 Å². The first-order valence-electron chi connectivity index (χ1n) is 11.4. The third-order valence-corrected chi connectivity index (χ3v) is 8.87. The molecule has 0 atom stereocenters. The van der Waals surface area contributed by atoms with Crippen LogP contribution in [0.1, 0.15) is 32.6 Å². The van der Waals surface area contributed by atoms with Crippen molar-refractivity contribution in [2.24, 2.45) is 0 Å². The number of carbonyl (C=O) groups is 1. The van der Waals surface area contributed by atoms with Gasteiger partial charge in [0.15, 0.2) is 0 Å². The summed E-state index contributed by atoms with van der Waals surface area (Å²) in [6, 6.07) is 10.4. The van der Waals surface area contributed by atoms with Gasteiger partial charge in [0.2, 0.25) is 26.0 Å². The number of anilines is 1. The maximum absolute atomic E-state index is 13.1. The molecule has 1 fully saturated rings. The van der Waals surface area contributed by atoms with Gasteiger partial charge in [-0.25, -0.2) is 21.6 Å². The summed E-state index contributed by atoms with van der Waals surface area (Å²) in [5, 5.41) is 2.63. The lowest BCUT2D eigenvalue weighted by molar-refractivity contribution is -0.116. The largest absolute Gasteiger partial charge is 0.495 e. The Labute approximate surface area is 206 Å². The number of hydrogen-bond donors (Lipinski definition) is 2. The number of amides is 1. The van der Waals surface area contributed by atoms with E-state index >= 15 is 0 Å². The van der Waals surface area contributed by atoms with Crippen molar-refractivity contribution in [2.45, 2.75) is 42.4 Å². The Morgan fingerprint density at radius 2 is 1.69 bits per heavy atom. The number of nitrogens with zero attached hydrogens (tertiary/aromatic N) is 1. The van der Waals surface area contributed by atoms with Crippen LogP contribution in [0.2, 0.25) is 0 Å². The quantitative estimate of drug-likeness (QED) is 0.461. The number of rotatable bonds is 11. The van der Waals surface area contributed by atoms with Gasteiger partial charge >= 0.3 is 0 Å². The molecule has 1 saturated heterocycles. The van der Waals surface area contributed by atoms with Crippen LogP contribution >= 0.6 is 0 Å². The van der Waals surface area contributed by atoms with Gasteiger partial charge in [0.1, 0.15) is 16.4 Å². The molecule has 0 bridgehead atoms. The molecule has 1 heterocycles. The minimum atomic E-state index is -3.79. The highest BCUT2D eigenvalue weighted by Gasteiger charge is 2.29. The van der Waals surface area contributed by atoms with Gasteiger partial charge in [-0.05, 0) is 62.2 Å². The van der Waals surface area contributed by atoms with Crippen LogP contribution in [0.3, 0.4) is 0 Å². The molecule has 0 spiro atoms. The topological polar surface area (TPSA) is 131 Å². The lowest BCUT2D eigenvalue weighted by atomic mass is 10.2. The molecular weight excluding hydrogens is 494 g/mol. The van der Waals surface area contributed by atoms with Crippen molar-refractivity contribution in [2.75, 3.05) is 38.7 Å². The maximum Gasteiger partial charge on any atom is 0.246 e. The number of hydrogen-bond acceptors (Lipinski definition) is 7. The van der Waals surface area contributed by atoms with Crippen LogP contribution in [-0.2, 0) is 24.8 Å². The Hall–Kier alpha value is -2.67. The normalized spacial score (nSPS) is 14.9. The van der Waals surface area contributed by atoms with E-state index in [1.165, 1.54) is 41.7 Å². The third kappa shape index (κ3) is 6.94. The van der Waals surface area contributed by atoms with Gasteiger partial charge in [0.05, 0.1) is 18.6 Å². The van der Waals surface area contributed by atoms with Crippen molar-refractivity contribution in [3.63, 3.8) is 0 Å². The number of benzene rings is 2. The van der Waals surface area contributed by atoms with Crippen LogP contribution in [0, 0.1) is 0 Å². The van der Waals surface area contributed by atoms with Gasteiger partial charge in [-0.3, -0.25) is 4.79 Å². The highest BCUT2D eigenvalue weighted by Crippen LogP contribution is 2.31. The number of carbonyl (C=O) groups excluding carboxylic acids is 1. The zero-order valence-corrected chi connectivity index (χ0v) is 21.5. The molecule has 0 saturated carbocycles. The fourth-order valence-corrected chi connectivity index (χ4v) is 6.42. The lowest BCUT2D eigenvalue weighted by Crippen LogP contribution is -2.35. The molecule has 0 unspecified atom stereocenters. The Morgan fingerprint density at radius 3 is 2.31 bits per heavy atom. The van der Waals surface area contributed by atoms with E-state index in [4.69, 9.17) is 9.47 Å². The molecule has 2 N–H and O–H groups in total. The summed E-state index contributed by atoms with van der Waals surface area (Å²) < 4.78 is 65.5. The summed E-state index contributed by atoms with van der Waals surface area (Å²) in [6.07, 6.45) is 2.44. The van der Waals surface area contributed by atoms with E-state index in [0.29, 0.717) is 25.4 Å². The average molecular weight is 526 g/mol. The SMILES string of the molecule is CCOc1ccc(S(=O)(=O)NCCC(=O)Nc2ccc(OC)c(S(=O)(=O)N3CCCCC3)c2)cc1. The van der Waals surface area contributed by atoms with Gasteiger partial charge in [0, 0.05) is 31.7 Å². The second kappa shape index (κ2) is 11.8. The minimum Gasteiger partial charge on any atom is -0.495 e. The second-order valence-corrected chi connectivity index (χ2v) is 11.6. The van der Waals surface area contributed by atoms with Gasteiger partial charge in [-0.15, -0.1) is 0 Å². The van der Waals surface area contributed by atoms with Gasteiger partial charge < -0.3 is 14.8 Å². The Balaban J connectivity index is 1.62. The molecule has 192 valence electrons. The maximum atomic E-state index is 13.1. The van der Waals surface area contributed by atoms with E-state index in [0.717, 1.165) is 19.3 Å². The monoisotopic (exact) mass is 525 g/mol. The first kappa shape index (κ1) is 26.9. The van der Waals surface area contributed by atoms with Crippen LogP contribution in [0.5, 0.6) is 11.5 Å². The molecule has 12 heteroatoms. The number of methoxy groups -OCH3 is 1. The molecule has 2 aromatic rings. The van der Waals surface area contributed by atoms with Crippen molar-refractivity contribution in [3.8, 4) is 11.5 Å². The second-order valence-electron chi connectivity index (χ2n) is 7.93. The van der Waals surface area contributed by atoms with Crippen LogP contribution in [0.4, 0.5) is 5.69 Å². The highest BCUT2D eigenvalue weighted by atomic mass is 32.2. The molecule has 0 aliphatic carbocycles. The summed E-state index contributed by atoms with van der Waals surface area (Å²) in [7, 11) is -6.19. The fraction of sp³-hybridized carbons (Fsp3) is 0.435. The summed E-state index contributed by atoms with van der Waals surface area (Å²) in [5.41, 5.74) is 0.278. The van der Waals surface area contributed by atoms with E-state index in [2.05, 4.69) is 10.0 Å². The molecule has 1 aliphatic rings. The Morgan fingerprint density at radius 1 is 1.00 bits per heavy atom. The Bertz CT molecular complexity index is 1220. The molecule has 35 heavy (non-hydrogen) atoms. The first-order valence-corrected chi connectivity index (χ1v) is 14.3. The van der Waals surface area contributed by atoms with Crippen LogP contribution < -0.4 is 19.5 Å². The van der Waals surface area contributed by atoms with Crippen molar-refractivity contribution >= 4 is 31.6 Å². The van der Waals surface area contributed by atoms with Gasteiger partial charge in [-0.1, -0.05) is 6.42 Å². The van der Waals surface area contributed by atoms with Gasteiger partial charge in [0.25, 0.3) is 0 Å². The lowest BCUT2D eigenvalue weighted by Gasteiger charge is -2.26. The zero-order valence-electron chi connectivity index (χ0n) is 19.8. The number of nitrogens with one attached hydrogen (secondary N) is 2. The van der Waals surface area contributed by atoms with E-state index in [1.807, 2.05) is 6.92 Å². The number of ether oxygens (including phenoxy) is 2. The summed E-state index contributed by atoms with van der Waals surface area (Å²) in [6.45, 7) is 3.06. The minimum absolute atomic E-state index is 0.0177. The van der Waals surface area contributed by atoms with Crippen LogP contribution in [-0.4, -0.2) is 60.4 Å². The van der Waals surface area contributed by atoms with Crippen molar-refractivity contribution < 1.29 is 31.1 Å². The summed E-state index contributed by atoms with van der Waals surface area (Å²) in [4.78, 5) is 12.5. The molecule has 3 rings (SSSR count).